The number of aryl methyl sites for hydroxylation is 1. The molecule has 0 aliphatic carbocycles. The molecule has 0 fully saturated rings. The molecule has 0 saturated carbocycles. The van der Waals surface area contributed by atoms with Crippen molar-refractivity contribution in [2.75, 3.05) is 5.88 Å². The molecular weight excluding hydrogens is 182 g/mol. The van der Waals surface area contributed by atoms with Crippen LogP contribution in [0.5, 0.6) is 0 Å². The van der Waals surface area contributed by atoms with Crippen LogP contribution in [0, 0.1) is 0 Å². The molecule has 13 heavy (non-hydrogen) atoms. The van der Waals surface area contributed by atoms with Gasteiger partial charge in [-0.3, -0.25) is 4.98 Å². The zero-order valence-electron chi connectivity index (χ0n) is 7.20. The molecule has 0 saturated heterocycles. The monoisotopic (exact) mass is 191 g/mol. The molecule has 0 radical (unpaired) electrons. The van der Waals surface area contributed by atoms with Gasteiger partial charge >= 0.3 is 0 Å². The fourth-order valence-electron chi connectivity index (χ4n) is 1.49. The van der Waals surface area contributed by atoms with Crippen LogP contribution < -0.4 is 0 Å². The predicted octanol–water partition coefficient (Wildman–Crippen LogP) is 3.02. The molecule has 1 aromatic carbocycles. The van der Waals surface area contributed by atoms with Gasteiger partial charge in [0, 0.05) is 17.5 Å². The maximum atomic E-state index is 5.72. The maximum Gasteiger partial charge on any atom is 0.0704 e. The second kappa shape index (κ2) is 3.75. The lowest BCUT2D eigenvalue weighted by Gasteiger charge is -2.02. The van der Waals surface area contributed by atoms with E-state index in [-0.39, 0.29) is 0 Å². The SMILES string of the molecule is ClCCc1cccc2ncccc12. The van der Waals surface area contributed by atoms with E-state index in [4.69, 9.17) is 11.6 Å². The Hall–Kier alpha value is -1.08. The highest BCUT2D eigenvalue weighted by atomic mass is 35.5. The van der Waals surface area contributed by atoms with Gasteiger partial charge in [0.25, 0.3) is 0 Å². The highest BCUT2D eigenvalue weighted by molar-refractivity contribution is 6.18. The number of halogens is 1. The maximum absolute atomic E-state index is 5.72. The first-order valence-electron chi connectivity index (χ1n) is 4.30. The summed E-state index contributed by atoms with van der Waals surface area (Å²) in [6.07, 6.45) is 2.72. The number of aromatic nitrogens is 1. The predicted molar refractivity (Wildman–Crippen MR) is 56.2 cm³/mol. The van der Waals surface area contributed by atoms with Crippen molar-refractivity contribution in [3.05, 3.63) is 42.1 Å². The highest BCUT2D eigenvalue weighted by Crippen LogP contribution is 2.16. The standard InChI is InChI=1S/C11H10ClN/c12-7-6-9-3-1-5-11-10(9)4-2-8-13-11/h1-5,8H,6-7H2. The number of nitrogens with zero attached hydrogens (tertiary/aromatic N) is 1. The zero-order chi connectivity index (χ0) is 9.10. The zero-order valence-corrected chi connectivity index (χ0v) is 7.96. The van der Waals surface area contributed by atoms with Crippen LogP contribution in [0.15, 0.2) is 36.5 Å². The Balaban J connectivity index is 2.61. The summed E-state index contributed by atoms with van der Waals surface area (Å²) in [6.45, 7) is 0. The number of alkyl halides is 1. The van der Waals surface area contributed by atoms with Gasteiger partial charge in [-0.1, -0.05) is 18.2 Å². The van der Waals surface area contributed by atoms with Crippen LogP contribution >= 0.6 is 11.6 Å². The number of hydrogen-bond acceptors (Lipinski definition) is 1. The largest absolute Gasteiger partial charge is 0.256 e. The van der Waals surface area contributed by atoms with Gasteiger partial charge in [-0.05, 0) is 24.1 Å². The average molecular weight is 192 g/mol. The number of fused-ring (bicyclic) bond motifs is 1. The van der Waals surface area contributed by atoms with E-state index in [2.05, 4.69) is 17.1 Å². The lowest BCUT2D eigenvalue weighted by atomic mass is 10.1. The van der Waals surface area contributed by atoms with Crippen molar-refractivity contribution >= 4 is 22.5 Å². The summed E-state index contributed by atoms with van der Waals surface area (Å²) in [5.74, 6) is 0.661. The first-order chi connectivity index (χ1) is 6.42. The normalized spacial score (nSPS) is 10.5. The first kappa shape index (κ1) is 8.52. The number of hydrogen-bond donors (Lipinski definition) is 0. The minimum absolute atomic E-state index is 0.661. The van der Waals surface area contributed by atoms with Crippen molar-refractivity contribution in [3.63, 3.8) is 0 Å². The molecule has 1 heterocycles. The molecule has 0 spiro atoms. The van der Waals surface area contributed by atoms with E-state index in [0.29, 0.717) is 5.88 Å². The molecule has 0 N–H and O–H groups in total. The summed E-state index contributed by atoms with van der Waals surface area (Å²) in [5.41, 5.74) is 2.32. The molecule has 2 aromatic rings. The van der Waals surface area contributed by atoms with E-state index in [0.717, 1.165) is 11.9 Å². The second-order valence-electron chi connectivity index (χ2n) is 2.93. The lowest BCUT2D eigenvalue weighted by Crippen LogP contribution is -1.88. The Labute approximate surface area is 82.4 Å². The van der Waals surface area contributed by atoms with Gasteiger partial charge in [-0.15, -0.1) is 11.6 Å². The Morgan fingerprint density at radius 2 is 2.08 bits per heavy atom. The molecule has 0 aliphatic heterocycles. The van der Waals surface area contributed by atoms with Crippen molar-refractivity contribution in [3.8, 4) is 0 Å². The summed E-state index contributed by atoms with van der Waals surface area (Å²) in [5, 5.41) is 1.21. The smallest absolute Gasteiger partial charge is 0.0704 e. The second-order valence-corrected chi connectivity index (χ2v) is 3.30. The van der Waals surface area contributed by atoms with Crippen LogP contribution in [0.3, 0.4) is 0 Å². The molecule has 0 unspecified atom stereocenters. The number of rotatable bonds is 2. The quantitative estimate of drug-likeness (QED) is 0.665. The molecule has 0 amide bonds. The average Bonchev–Trinajstić information content (AvgIpc) is 2.19. The van der Waals surface area contributed by atoms with Crippen molar-refractivity contribution in [1.29, 1.82) is 0 Å². The van der Waals surface area contributed by atoms with E-state index < -0.39 is 0 Å². The Kier molecular flexibility index (Phi) is 2.46. The first-order valence-corrected chi connectivity index (χ1v) is 4.84. The summed E-state index contributed by atoms with van der Waals surface area (Å²) in [7, 11) is 0. The molecule has 2 rings (SSSR count). The van der Waals surface area contributed by atoms with Crippen molar-refractivity contribution in [2.24, 2.45) is 0 Å². The minimum atomic E-state index is 0.661. The molecular formula is C11H10ClN. The molecule has 1 nitrogen and oxygen atoms in total. The fraction of sp³-hybridized carbons (Fsp3) is 0.182. The number of benzene rings is 1. The molecule has 66 valence electrons. The van der Waals surface area contributed by atoms with Gasteiger partial charge in [-0.2, -0.15) is 0 Å². The Bertz CT molecular complexity index is 406. The van der Waals surface area contributed by atoms with Crippen LogP contribution in [-0.4, -0.2) is 10.9 Å². The van der Waals surface area contributed by atoms with Crippen LogP contribution in [-0.2, 0) is 6.42 Å². The van der Waals surface area contributed by atoms with E-state index in [1.54, 1.807) is 0 Å². The van der Waals surface area contributed by atoms with Gasteiger partial charge in [0.15, 0.2) is 0 Å². The summed E-state index contributed by atoms with van der Waals surface area (Å²) < 4.78 is 0. The van der Waals surface area contributed by atoms with Crippen LogP contribution in [0.1, 0.15) is 5.56 Å². The van der Waals surface area contributed by atoms with Crippen LogP contribution in [0.25, 0.3) is 10.9 Å². The van der Waals surface area contributed by atoms with Crippen molar-refractivity contribution in [2.45, 2.75) is 6.42 Å². The highest BCUT2D eigenvalue weighted by Gasteiger charge is 1.98. The third-order valence-electron chi connectivity index (χ3n) is 2.10. The van der Waals surface area contributed by atoms with Gasteiger partial charge in [-0.25, -0.2) is 0 Å². The van der Waals surface area contributed by atoms with Crippen LogP contribution in [0.4, 0.5) is 0 Å². The summed E-state index contributed by atoms with van der Waals surface area (Å²) in [6, 6.07) is 10.2. The Morgan fingerprint density at radius 3 is 2.92 bits per heavy atom. The van der Waals surface area contributed by atoms with Gasteiger partial charge < -0.3 is 0 Å². The molecule has 0 atom stereocenters. The van der Waals surface area contributed by atoms with E-state index in [1.807, 2.05) is 24.4 Å². The molecule has 0 aliphatic rings. The lowest BCUT2D eigenvalue weighted by molar-refractivity contribution is 1.17. The van der Waals surface area contributed by atoms with Crippen molar-refractivity contribution < 1.29 is 0 Å². The summed E-state index contributed by atoms with van der Waals surface area (Å²) >= 11 is 5.72. The third-order valence-corrected chi connectivity index (χ3v) is 2.29. The molecule has 2 heteroatoms. The van der Waals surface area contributed by atoms with Gasteiger partial charge in [0.2, 0.25) is 0 Å². The molecule has 1 aromatic heterocycles. The van der Waals surface area contributed by atoms with Gasteiger partial charge in [0.1, 0.15) is 0 Å². The fourth-order valence-corrected chi connectivity index (χ4v) is 1.69. The van der Waals surface area contributed by atoms with E-state index in [9.17, 15) is 0 Å². The van der Waals surface area contributed by atoms with Crippen molar-refractivity contribution in [1.82, 2.24) is 4.98 Å². The minimum Gasteiger partial charge on any atom is -0.256 e. The third kappa shape index (κ3) is 1.65. The Morgan fingerprint density at radius 1 is 1.15 bits per heavy atom. The van der Waals surface area contributed by atoms with E-state index in [1.165, 1.54) is 10.9 Å². The number of pyridine rings is 1. The topological polar surface area (TPSA) is 12.9 Å². The van der Waals surface area contributed by atoms with E-state index >= 15 is 0 Å². The van der Waals surface area contributed by atoms with Gasteiger partial charge in [0.05, 0.1) is 5.52 Å². The van der Waals surface area contributed by atoms with Crippen LogP contribution in [0.2, 0.25) is 0 Å². The molecule has 0 bridgehead atoms. The summed E-state index contributed by atoms with van der Waals surface area (Å²) in [4.78, 5) is 4.28.